The first-order valence-electron chi connectivity index (χ1n) is 10.8. The van der Waals surface area contributed by atoms with Gasteiger partial charge in [0.15, 0.2) is 0 Å². The zero-order chi connectivity index (χ0) is 21.7. The van der Waals surface area contributed by atoms with E-state index in [9.17, 15) is 0 Å². The number of para-hydroxylation sites is 1. The first kappa shape index (κ1) is 18.6. The molecule has 6 rings (SSSR count). The number of aryl methyl sites for hydroxylation is 1. The van der Waals surface area contributed by atoms with Crippen LogP contribution in [0.1, 0.15) is 11.3 Å². The molecule has 0 amide bonds. The Morgan fingerprint density at radius 2 is 1.25 bits per heavy atom. The predicted molar refractivity (Wildman–Crippen MR) is 128 cm³/mol. The van der Waals surface area contributed by atoms with Gasteiger partial charge >= 0.3 is 5.89 Å². The summed E-state index contributed by atoms with van der Waals surface area (Å²) in [4.78, 5) is 0. The normalized spacial score (nSPS) is 11.4. The lowest BCUT2D eigenvalue weighted by molar-refractivity contribution is -0.592. The molecule has 0 aliphatic rings. The van der Waals surface area contributed by atoms with E-state index in [0.717, 1.165) is 61.7 Å². The highest BCUT2D eigenvalue weighted by Gasteiger charge is 2.33. The van der Waals surface area contributed by atoms with Gasteiger partial charge in [0.05, 0.1) is 5.56 Å². The molecular formula is C29H22NO2+. The molecule has 6 aromatic rings. The van der Waals surface area contributed by atoms with Crippen LogP contribution in [-0.2, 0) is 0 Å². The van der Waals surface area contributed by atoms with Crippen molar-refractivity contribution in [3.05, 3.63) is 108 Å². The Balaban J connectivity index is 1.73. The molecule has 0 atom stereocenters. The van der Waals surface area contributed by atoms with Crippen molar-refractivity contribution in [2.24, 2.45) is 0 Å². The van der Waals surface area contributed by atoms with Gasteiger partial charge in [0.25, 0.3) is 5.69 Å². The number of nitrogens with zero attached hydrogens (tertiary/aromatic N) is 1. The molecule has 0 bridgehead atoms. The fourth-order valence-corrected chi connectivity index (χ4v) is 4.52. The summed E-state index contributed by atoms with van der Waals surface area (Å²) in [5.74, 6) is 1.65. The Bertz CT molecular complexity index is 1570. The summed E-state index contributed by atoms with van der Waals surface area (Å²) in [5, 5.41) is 2.23. The van der Waals surface area contributed by atoms with Crippen LogP contribution in [0.25, 0.3) is 50.4 Å². The molecule has 4 aromatic carbocycles. The van der Waals surface area contributed by atoms with Crippen LogP contribution in [0.3, 0.4) is 0 Å². The van der Waals surface area contributed by atoms with Crippen molar-refractivity contribution in [3.63, 3.8) is 0 Å². The average molecular weight is 417 g/mol. The van der Waals surface area contributed by atoms with Gasteiger partial charge in [-0.2, -0.15) is 0 Å². The summed E-state index contributed by atoms with van der Waals surface area (Å²) in [6.45, 7) is 4.23. The van der Waals surface area contributed by atoms with Crippen LogP contribution in [0, 0.1) is 13.8 Å². The van der Waals surface area contributed by atoms with Gasteiger partial charge in [-0.1, -0.05) is 72.8 Å². The molecule has 0 aliphatic heterocycles. The summed E-state index contributed by atoms with van der Waals surface area (Å²) in [7, 11) is 0. The van der Waals surface area contributed by atoms with E-state index in [1.807, 2.05) is 48.5 Å². The molecule has 2 heterocycles. The molecule has 32 heavy (non-hydrogen) atoms. The second-order valence-corrected chi connectivity index (χ2v) is 8.10. The lowest BCUT2D eigenvalue weighted by Crippen LogP contribution is -2.35. The van der Waals surface area contributed by atoms with Crippen molar-refractivity contribution in [1.82, 2.24) is 0 Å². The van der Waals surface area contributed by atoms with Gasteiger partial charge in [0.1, 0.15) is 5.58 Å². The lowest BCUT2D eigenvalue weighted by atomic mass is 10.1. The predicted octanol–water partition coefficient (Wildman–Crippen LogP) is 7.41. The van der Waals surface area contributed by atoms with Crippen molar-refractivity contribution in [3.8, 4) is 28.5 Å². The number of benzene rings is 4. The van der Waals surface area contributed by atoms with Crippen LogP contribution in [0.5, 0.6) is 0 Å². The van der Waals surface area contributed by atoms with Gasteiger partial charge in [-0.05, 0) is 31.2 Å². The van der Waals surface area contributed by atoms with Crippen molar-refractivity contribution >= 4 is 21.9 Å². The minimum atomic E-state index is 0.790. The van der Waals surface area contributed by atoms with Crippen LogP contribution in [0.2, 0.25) is 0 Å². The number of furan rings is 1. The Morgan fingerprint density at radius 3 is 2.00 bits per heavy atom. The molecule has 0 spiro atoms. The molecule has 154 valence electrons. The molecular weight excluding hydrogens is 394 g/mol. The highest BCUT2D eigenvalue weighted by Crippen LogP contribution is 2.36. The van der Waals surface area contributed by atoms with E-state index in [1.165, 1.54) is 0 Å². The molecule has 0 unspecified atom stereocenters. The largest absolute Gasteiger partial charge is 0.449 e. The van der Waals surface area contributed by atoms with E-state index in [1.54, 1.807) is 0 Å². The van der Waals surface area contributed by atoms with E-state index < -0.39 is 0 Å². The topological polar surface area (TPSA) is 30.2 Å². The third-order valence-electron chi connectivity index (χ3n) is 6.07. The SMILES string of the molecule is Cc1ccc2c(oc3ccccc32)c1-[n+]1c(-c2ccccc2)oc(-c2ccccc2)c1C. The summed E-state index contributed by atoms with van der Waals surface area (Å²) in [6.07, 6.45) is 0. The maximum absolute atomic E-state index is 6.57. The van der Waals surface area contributed by atoms with E-state index in [-0.39, 0.29) is 0 Å². The second kappa shape index (κ2) is 7.24. The standard InChI is InChI=1S/C29H22NO2/c1-19-17-18-24-23-15-9-10-16-25(23)31-28(24)26(19)30-20(2)27(21-11-5-3-6-12-21)32-29(30)22-13-7-4-8-14-22/h3-18H,1-2H3/q+1. The lowest BCUT2D eigenvalue weighted by Gasteiger charge is -2.03. The van der Waals surface area contributed by atoms with Gasteiger partial charge in [0.2, 0.25) is 17.0 Å². The molecule has 0 aliphatic carbocycles. The Hall–Kier alpha value is -4.11. The second-order valence-electron chi connectivity index (χ2n) is 8.10. The third-order valence-corrected chi connectivity index (χ3v) is 6.07. The number of hydrogen-bond acceptors (Lipinski definition) is 2. The molecule has 0 radical (unpaired) electrons. The first-order chi connectivity index (χ1) is 15.7. The van der Waals surface area contributed by atoms with E-state index >= 15 is 0 Å². The first-order valence-corrected chi connectivity index (χ1v) is 10.8. The van der Waals surface area contributed by atoms with Crippen molar-refractivity contribution in [1.29, 1.82) is 0 Å². The Labute approximate surface area is 186 Å². The Morgan fingerprint density at radius 1 is 0.594 bits per heavy atom. The maximum atomic E-state index is 6.57. The van der Waals surface area contributed by atoms with Crippen LogP contribution in [0.4, 0.5) is 0 Å². The highest BCUT2D eigenvalue weighted by atomic mass is 16.4. The van der Waals surface area contributed by atoms with Crippen molar-refractivity contribution in [2.45, 2.75) is 13.8 Å². The molecule has 3 heteroatoms. The molecule has 0 saturated heterocycles. The minimum Gasteiger partial charge on any atom is -0.449 e. The Kier molecular flexibility index (Phi) is 4.22. The monoisotopic (exact) mass is 416 g/mol. The van der Waals surface area contributed by atoms with Crippen molar-refractivity contribution < 1.29 is 13.4 Å². The van der Waals surface area contributed by atoms with Gasteiger partial charge < -0.3 is 8.83 Å². The zero-order valence-electron chi connectivity index (χ0n) is 18.0. The number of rotatable bonds is 3. The minimum absolute atomic E-state index is 0.790. The maximum Gasteiger partial charge on any atom is 0.387 e. The summed E-state index contributed by atoms with van der Waals surface area (Å²) < 4.78 is 15.2. The van der Waals surface area contributed by atoms with E-state index in [4.69, 9.17) is 8.83 Å². The quantitative estimate of drug-likeness (QED) is 0.281. The average Bonchev–Trinajstić information content (AvgIpc) is 3.38. The van der Waals surface area contributed by atoms with Crippen molar-refractivity contribution in [2.75, 3.05) is 0 Å². The van der Waals surface area contributed by atoms with Gasteiger partial charge in [-0.25, -0.2) is 0 Å². The molecule has 3 nitrogen and oxygen atoms in total. The van der Waals surface area contributed by atoms with Gasteiger partial charge in [-0.3, -0.25) is 0 Å². The smallest absolute Gasteiger partial charge is 0.387 e. The van der Waals surface area contributed by atoms with Gasteiger partial charge in [-0.15, -0.1) is 4.57 Å². The van der Waals surface area contributed by atoms with E-state index in [2.05, 4.69) is 66.9 Å². The van der Waals surface area contributed by atoms with Crippen LogP contribution < -0.4 is 4.57 Å². The van der Waals surface area contributed by atoms with E-state index in [0.29, 0.717) is 0 Å². The molecule has 0 fully saturated rings. The number of oxazole rings is 1. The van der Waals surface area contributed by atoms with Crippen LogP contribution in [-0.4, -0.2) is 0 Å². The molecule has 0 N–H and O–H groups in total. The van der Waals surface area contributed by atoms with Crippen LogP contribution in [0.15, 0.2) is 106 Å². The summed E-state index contributed by atoms with van der Waals surface area (Å²) in [6, 6.07) is 33.0. The number of fused-ring (bicyclic) bond motifs is 3. The number of hydrogen-bond donors (Lipinski definition) is 0. The zero-order valence-corrected chi connectivity index (χ0v) is 18.0. The summed E-state index contributed by atoms with van der Waals surface area (Å²) >= 11 is 0. The highest BCUT2D eigenvalue weighted by molar-refractivity contribution is 6.07. The summed E-state index contributed by atoms with van der Waals surface area (Å²) in [5.41, 5.74) is 7.01. The molecule has 2 aromatic heterocycles. The fraction of sp³-hybridized carbons (Fsp3) is 0.0690. The third kappa shape index (κ3) is 2.78. The fourth-order valence-electron chi connectivity index (χ4n) is 4.52. The molecule has 0 saturated carbocycles. The van der Waals surface area contributed by atoms with Crippen LogP contribution >= 0.6 is 0 Å². The number of aromatic nitrogens is 1. The van der Waals surface area contributed by atoms with Gasteiger partial charge in [0, 0.05) is 28.8 Å².